The van der Waals surface area contributed by atoms with E-state index in [9.17, 15) is 39.3 Å². The molecule has 0 spiro atoms. The van der Waals surface area contributed by atoms with Crippen LogP contribution >= 0.6 is 0 Å². The molecule has 2 heterocycles. The summed E-state index contributed by atoms with van der Waals surface area (Å²) >= 11 is 0. The van der Waals surface area contributed by atoms with Crippen LogP contribution < -0.4 is 0 Å². The van der Waals surface area contributed by atoms with Gasteiger partial charge in [-0.15, -0.1) is 0 Å². The van der Waals surface area contributed by atoms with E-state index in [0.29, 0.717) is 0 Å². The van der Waals surface area contributed by atoms with E-state index >= 15 is 0 Å². The molecule has 2 saturated heterocycles. The van der Waals surface area contributed by atoms with Crippen molar-refractivity contribution in [2.75, 3.05) is 0 Å². The van der Waals surface area contributed by atoms with Crippen LogP contribution in [0.4, 0.5) is 0 Å². The third-order valence-corrected chi connectivity index (χ3v) is 13.8. The highest BCUT2D eigenvalue weighted by atomic mass is 16.6. The quantitative estimate of drug-likeness (QED) is 0.219. The maximum Gasteiger partial charge on any atom is 0.343 e. The van der Waals surface area contributed by atoms with E-state index in [-0.39, 0.29) is 18.3 Å². The van der Waals surface area contributed by atoms with Crippen molar-refractivity contribution in [1.82, 2.24) is 0 Å². The third kappa shape index (κ3) is 3.82. The van der Waals surface area contributed by atoms with Crippen molar-refractivity contribution in [3.63, 3.8) is 0 Å². The van der Waals surface area contributed by atoms with Gasteiger partial charge in [-0.3, -0.25) is 19.2 Å². The maximum absolute atomic E-state index is 14.3. The van der Waals surface area contributed by atoms with Crippen LogP contribution in [0.25, 0.3) is 0 Å². The number of Topliss-reactive ketones (excluding diaryl/α,β-unsaturated/α-hetero) is 1. The van der Waals surface area contributed by atoms with E-state index in [0.717, 1.165) is 0 Å². The lowest BCUT2D eigenvalue weighted by molar-refractivity contribution is -0.268. The highest BCUT2D eigenvalue weighted by Gasteiger charge is 2.83. The summed E-state index contributed by atoms with van der Waals surface area (Å²) in [6, 6.07) is 0. The largest absolute Gasteiger partial charge is 0.462 e. The van der Waals surface area contributed by atoms with Gasteiger partial charge in [-0.25, -0.2) is 4.79 Å². The summed E-state index contributed by atoms with van der Waals surface area (Å²) in [7, 11) is 0. The molecule has 6 fully saturated rings. The molecule has 13 nitrogen and oxygen atoms in total. The highest BCUT2D eigenvalue weighted by Crippen LogP contribution is 2.75. The fraction of sp³-hybridized carbons (Fsp3) is 0.794. The Morgan fingerprint density at radius 2 is 1.45 bits per heavy atom. The van der Waals surface area contributed by atoms with Crippen molar-refractivity contribution in [2.24, 2.45) is 57.7 Å². The molecule has 2 aliphatic heterocycles. The summed E-state index contributed by atoms with van der Waals surface area (Å²) in [6.45, 7) is 12.1. The van der Waals surface area contributed by atoms with E-state index in [1.807, 2.05) is 6.92 Å². The number of carbonyl (C=O) groups excluding carboxylic acids is 5. The Morgan fingerprint density at radius 1 is 0.851 bits per heavy atom. The van der Waals surface area contributed by atoms with Crippen molar-refractivity contribution in [3.8, 4) is 0 Å². The number of epoxide rings is 1. The zero-order chi connectivity index (χ0) is 34.5. The van der Waals surface area contributed by atoms with Gasteiger partial charge in [0.2, 0.25) is 0 Å². The fourth-order valence-electron chi connectivity index (χ4n) is 11.9. The minimum Gasteiger partial charge on any atom is -0.462 e. The van der Waals surface area contributed by atoms with Crippen molar-refractivity contribution < 1.29 is 63.0 Å². The zero-order valence-corrected chi connectivity index (χ0v) is 27.8. The molecule has 258 valence electrons. The molecule has 0 radical (unpaired) electrons. The Bertz CT molecular complexity index is 1500. The van der Waals surface area contributed by atoms with Crippen LogP contribution in [0.2, 0.25) is 0 Å². The molecule has 18 atom stereocenters. The molecule has 0 bridgehead atoms. The van der Waals surface area contributed by atoms with Gasteiger partial charge < -0.3 is 39.0 Å². The number of ketones is 1. The molecule has 7 rings (SSSR count). The summed E-state index contributed by atoms with van der Waals surface area (Å²) in [5.74, 6) is -8.91. The number of allylic oxidation sites excluding steroid dienone is 1. The van der Waals surface area contributed by atoms with Crippen molar-refractivity contribution in [3.05, 3.63) is 11.8 Å². The number of fused-ring (bicyclic) bond motifs is 10. The molecule has 13 heteroatoms. The number of carbonyl (C=O) groups is 5. The van der Waals surface area contributed by atoms with Crippen LogP contribution in [0.1, 0.15) is 61.8 Å². The van der Waals surface area contributed by atoms with Gasteiger partial charge in [0.1, 0.15) is 36.3 Å². The summed E-state index contributed by atoms with van der Waals surface area (Å²) in [6.07, 6.45) is -5.38. The highest BCUT2D eigenvalue weighted by molar-refractivity contribution is 5.88. The molecule has 0 aromatic heterocycles. The Labute approximate surface area is 272 Å². The Morgan fingerprint density at radius 3 is 2.04 bits per heavy atom. The second-order valence-electron chi connectivity index (χ2n) is 15.9. The van der Waals surface area contributed by atoms with Gasteiger partial charge in [-0.1, -0.05) is 20.8 Å². The van der Waals surface area contributed by atoms with Gasteiger partial charge >= 0.3 is 23.9 Å². The molecule has 47 heavy (non-hydrogen) atoms. The number of ether oxygens (including phenoxy) is 5. The maximum atomic E-state index is 14.3. The number of aliphatic hydroxyl groups excluding tert-OH is 2. The normalized spacial score (nSPS) is 55.1. The van der Waals surface area contributed by atoms with E-state index in [4.69, 9.17) is 23.7 Å². The molecule has 18 unspecified atom stereocenters. The molecule has 3 N–H and O–H groups in total. The molecule has 0 aromatic carbocycles. The van der Waals surface area contributed by atoms with Crippen molar-refractivity contribution >= 4 is 29.7 Å². The first-order valence-electron chi connectivity index (χ1n) is 16.5. The lowest BCUT2D eigenvalue weighted by Crippen LogP contribution is -2.74. The lowest BCUT2D eigenvalue weighted by atomic mass is 9.41. The molecule has 0 aromatic rings. The van der Waals surface area contributed by atoms with Gasteiger partial charge in [0.05, 0.1) is 17.6 Å². The Kier molecular flexibility index (Phi) is 6.85. The second kappa shape index (κ2) is 9.86. The second-order valence-corrected chi connectivity index (χ2v) is 15.9. The van der Waals surface area contributed by atoms with Gasteiger partial charge in [-0.2, -0.15) is 0 Å². The number of aliphatic hydroxyl groups is 3. The van der Waals surface area contributed by atoms with Crippen molar-refractivity contribution in [1.29, 1.82) is 0 Å². The number of hydrogen-bond donors (Lipinski definition) is 3. The van der Waals surface area contributed by atoms with Crippen LogP contribution in [-0.2, 0) is 47.7 Å². The average molecular weight is 661 g/mol. The first-order valence-corrected chi connectivity index (χ1v) is 16.5. The van der Waals surface area contributed by atoms with E-state index in [1.165, 1.54) is 27.7 Å². The molecular weight excluding hydrogens is 616 g/mol. The monoisotopic (exact) mass is 660 g/mol. The smallest absolute Gasteiger partial charge is 0.343 e. The molecule has 0 amide bonds. The van der Waals surface area contributed by atoms with Gasteiger partial charge in [0, 0.05) is 61.2 Å². The fourth-order valence-corrected chi connectivity index (χ4v) is 11.9. The molecule has 5 aliphatic carbocycles. The lowest BCUT2D eigenvalue weighted by Gasteiger charge is -2.64. The Balaban J connectivity index is 1.49. The standard InChI is InChI=1S/C34H44O13/c1-11-9-17-33(7,34(8,42)30(41)47-17)22-19(11)32(6)21(27(22)43-12(2)35)18-20(25(40)28(32)44-13(3)36)31(5)15(23(38)24(18)39)10-16-26(46-16)29(31)45-14(4)37/h9,11,15-16,18-22,24-29,39-40,42H,10H2,1-8H3. The first kappa shape index (κ1) is 32.7. The predicted octanol–water partition coefficient (Wildman–Crippen LogP) is 0.842. The summed E-state index contributed by atoms with van der Waals surface area (Å²) in [5.41, 5.74) is -6.08. The van der Waals surface area contributed by atoms with Crippen LogP contribution in [0, 0.1) is 57.7 Å². The number of hydrogen-bond acceptors (Lipinski definition) is 13. The van der Waals surface area contributed by atoms with E-state index in [2.05, 4.69) is 0 Å². The van der Waals surface area contributed by atoms with E-state index in [1.54, 1.807) is 26.8 Å². The predicted molar refractivity (Wildman–Crippen MR) is 156 cm³/mol. The minimum atomic E-state index is -2.07. The van der Waals surface area contributed by atoms with Gasteiger partial charge in [0.15, 0.2) is 11.4 Å². The van der Waals surface area contributed by atoms with Crippen LogP contribution in [0.15, 0.2) is 11.8 Å². The summed E-state index contributed by atoms with van der Waals surface area (Å²) < 4.78 is 29.6. The van der Waals surface area contributed by atoms with Crippen molar-refractivity contribution in [2.45, 2.75) is 110 Å². The Hall–Kier alpha value is -2.87. The van der Waals surface area contributed by atoms with Gasteiger partial charge in [-0.05, 0) is 38.2 Å². The third-order valence-electron chi connectivity index (χ3n) is 13.8. The van der Waals surface area contributed by atoms with Gasteiger partial charge in [0.25, 0.3) is 0 Å². The van der Waals surface area contributed by atoms with E-state index < -0.39 is 130 Å². The summed E-state index contributed by atoms with van der Waals surface area (Å²) in [4.78, 5) is 65.8. The zero-order valence-electron chi connectivity index (χ0n) is 27.8. The average Bonchev–Trinajstić information content (AvgIpc) is 3.65. The molecular formula is C34H44O13. The number of rotatable bonds is 3. The summed E-state index contributed by atoms with van der Waals surface area (Å²) in [5, 5.41) is 36.5. The molecule has 7 aliphatic rings. The topological polar surface area (TPSA) is 195 Å². The van der Waals surface area contributed by atoms with Crippen LogP contribution in [-0.4, -0.2) is 93.3 Å². The van der Waals surface area contributed by atoms with Crippen LogP contribution in [0.5, 0.6) is 0 Å². The van der Waals surface area contributed by atoms with Crippen LogP contribution in [0.3, 0.4) is 0 Å². The number of esters is 4. The SMILES string of the molecule is CC(=O)OC1C2C3C(O)C(=O)C4CC5OC5C(OC(C)=O)C4(C)C3C(O)C(OC(C)=O)C2(C)C2C(C)C=C3OC(=O)C(C)(O)C3(C)C12. The minimum absolute atomic E-state index is 0.216. The first-order chi connectivity index (χ1) is 21.7. The molecule has 4 saturated carbocycles.